The van der Waals surface area contributed by atoms with Crippen LogP contribution in [0.5, 0.6) is 0 Å². The molecule has 0 aromatic carbocycles. The zero-order valence-corrected chi connectivity index (χ0v) is 12.0. The van der Waals surface area contributed by atoms with Crippen molar-refractivity contribution in [3.8, 4) is 0 Å². The van der Waals surface area contributed by atoms with Crippen molar-refractivity contribution in [3.63, 3.8) is 0 Å². The highest BCUT2D eigenvalue weighted by Gasteiger charge is 2.18. The van der Waals surface area contributed by atoms with Crippen LogP contribution in [0.2, 0.25) is 4.47 Å². The second-order valence-electron chi connectivity index (χ2n) is 4.92. The maximum absolute atomic E-state index is 5.78. The van der Waals surface area contributed by atoms with Crippen LogP contribution in [0.1, 0.15) is 18.9 Å². The van der Waals surface area contributed by atoms with Gasteiger partial charge in [-0.1, -0.05) is 25.2 Å². The van der Waals surface area contributed by atoms with Crippen LogP contribution in [-0.4, -0.2) is 52.7 Å². The van der Waals surface area contributed by atoms with E-state index in [1.165, 1.54) is 17.9 Å². The van der Waals surface area contributed by atoms with Gasteiger partial charge in [0.05, 0.1) is 6.54 Å². The van der Waals surface area contributed by atoms with Gasteiger partial charge in [-0.3, -0.25) is 4.90 Å². The molecule has 0 radical (unpaired) electrons. The topological polar surface area (TPSA) is 32.3 Å². The molecule has 1 aromatic rings. The Labute approximate surface area is 112 Å². The fourth-order valence-corrected chi connectivity index (χ4v) is 3.04. The summed E-state index contributed by atoms with van der Waals surface area (Å²) in [4.78, 5) is 4.96. The van der Waals surface area contributed by atoms with Crippen molar-refractivity contribution >= 4 is 22.9 Å². The molecule has 1 aliphatic rings. The van der Waals surface area contributed by atoms with Crippen LogP contribution in [0, 0.1) is 5.92 Å². The Morgan fingerprint density at radius 2 is 1.82 bits per heavy atom. The Morgan fingerprint density at radius 1 is 1.18 bits per heavy atom. The van der Waals surface area contributed by atoms with Crippen molar-refractivity contribution in [2.75, 3.05) is 32.7 Å². The molecule has 2 rings (SSSR count). The van der Waals surface area contributed by atoms with E-state index in [1.807, 2.05) is 0 Å². The zero-order valence-electron chi connectivity index (χ0n) is 10.4. The number of rotatable bonds is 4. The second kappa shape index (κ2) is 6.09. The predicted octanol–water partition coefficient (Wildman–Crippen LogP) is 1.97. The Balaban J connectivity index is 1.75. The lowest BCUT2D eigenvalue weighted by Crippen LogP contribution is -2.46. The Morgan fingerprint density at radius 3 is 2.35 bits per heavy atom. The van der Waals surface area contributed by atoms with Crippen molar-refractivity contribution in [2.45, 2.75) is 20.4 Å². The van der Waals surface area contributed by atoms with Gasteiger partial charge in [-0.05, 0) is 17.5 Å². The van der Waals surface area contributed by atoms with Gasteiger partial charge in [-0.15, -0.1) is 10.2 Å². The lowest BCUT2D eigenvalue weighted by Gasteiger charge is -2.34. The minimum atomic E-state index is 0.540. The second-order valence-corrected chi connectivity index (χ2v) is 6.56. The SMILES string of the molecule is CC(C)CN1CCN(Cc2nnc(Cl)s2)CC1. The fourth-order valence-electron chi connectivity index (χ4n) is 2.13. The minimum absolute atomic E-state index is 0.540. The Kier molecular flexibility index (Phi) is 4.73. The molecule has 0 bridgehead atoms. The summed E-state index contributed by atoms with van der Waals surface area (Å²) in [6, 6.07) is 0. The average molecular weight is 275 g/mol. The van der Waals surface area contributed by atoms with Crippen LogP contribution in [0.4, 0.5) is 0 Å². The fraction of sp³-hybridized carbons (Fsp3) is 0.818. The molecule has 0 amide bonds. The lowest BCUT2D eigenvalue weighted by molar-refractivity contribution is 0.117. The summed E-state index contributed by atoms with van der Waals surface area (Å²) in [5, 5.41) is 8.91. The largest absolute Gasteiger partial charge is 0.301 e. The molecular weight excluding hydrogens is 256 g/mol. The summed E-state index contributed by atoms with van der Waals surface area (Å²) in [6.07, 6.45) is 0. The first-order chi connectivity index (χ1) is 8.13. The maximum Gasteiger partial charge on any atom is 0.207 e. The third-order valence-corrected chi connectivity index (χ3v) is 3.89. The molecule has 1 saturated heterocycles. The third-order valence-electron chi connectivity index (χ3n) is 2.89. The van der Waals surface area contributed by atoms with Gasteiger partial charge in [0.25, 0.3) is 0 Å². The third kappa shape index (κ3) is 4.17. The predicted molar refractivity (Wildman–Crippen MR) is 71.5 cm³/mol. The summed E-state index contributed by atoms with van der Waals surface area (Å²) < 4.78 is 0.540. The van der Waals surface area contributed by atoms with E-state index in [1.54, 1.807) is 0 Å². The quantitative estimate of drug-likeness (QED) is 0.840. The van der Waals surface area contributed by atoms with Crippen LogP contribution >= 0.6 is 22.9 Å². The van der Waals surface area contributed by atoms with E-state index < -0.39 is 0 Å². The molecule has 1 fully saturated rings. The van der Waals surface area contributed by atoms with Crippen molar-refractivity contribution in [3.05, 3.63) is 9.47 Å². The smallest absolute Gasteiger partial charge is 0.207 e. The summed E-state index contributed by atoms with van der Waals surface area (Å²) >= 11 is 7.26. The highest BCUT2D eigenvalue weighted by atomic mass is 35.5. The number of halogens is 1. The van der Waals surface area contributed by atoms with E-state index in [0.717, 1.165) is 43.6 Å². The molecule has 0 spiro atoms. The molecule has 0 unspecified atom stereocenters. The molecule has 1 aromatic heterocycles. The molecule has 4 nitrogen and oxygen atoms in total. The first-order valence-corrected chi connectivity index (χ1v) is 7.25. The standard InChI is InChI=1S/C11H19ClN4S/c1-9(2)7-15-3-5-16(6-4-15)8-10-13-14-11(12)17-10/h9H,3-8H2,1-2H3. The van der Waals surface area contributed by atoms with Crippen molar-refractivity contribution < 1.29 is 0 Å². The Bertz CT molecular complexity index is 347. The molecule has 0 aliphatic carbocycles. The van der Waals surface area contributed by atoms with Gasteiger partial charge in [-0.2, -0.15) is 0 Å². The lowest BCUT2D eigenvalue weighted by atomic mass is 10.2. The average Bonchev–Trinajstić information content (AvgIpc) is 2.66. The summed E-state index contributed by atoms with van der Waals surface area (Å²) in [7, 11) is 0. The van der Waals surface area contributed by atoms with Crippen LogP contribution in [0.3, 0.4) is 0 Å². The molecule has 0 atom stereocenters. The van der Waals surface area contributed by atoms with E-state index >= 15 is 0 Å². The van der Waals surface area contributed by atoms with E-state index in [2.05, 4.69) is 33.8 Å². The number of piperazine rings is 1. The first kappa shape index (κ1) is 13.2. The molecule has 96 valence electrons. The van der Waals surface area contributed by atoms with E-state index in [9.17, 15) is 0 Å². The normalized spacial score (nSPS) is 19.1. The first-order valence-electron chi connectivity index (χ1n) is 6.06. The van der Waals surface area contributed by atoms with Crippen LogP contribution in [0.25, 0.3) is 0 Å². The number of hydrogen-bond acceptors (Lipinski definition) is 5. The van der Waals surface area contributed by atoms with Crippen molar-refractivity contribution in [1.82, 2.24) is 20.0 Å². The van der Waals surface area contributed by atoms with Gasteiger partial charge in [0, 0.05) is 32.7 Å². The zero-order chi connectivity index (χ0) is 12.3. The molecule has 2 heterocycles. The molecule has 17 heavy (non-hydrogen) atoms. The number of aromatic nitrogens is 2. The number of hydrogen-bond donors (Lipinski definition) is 0. The molecule has 1 aliphatic heterocycles. The van der Waals surface area contributed by atoms with E-state index in [-0.39, 0.29) is 0 Å². The molecule has 0 N–H and O–H groups in total. The minimum Gasteiger partial charge on any atom is -0.301 e. The molecule has 6 heteroatoms. The van der Waals surface area contributed by atoms with Crippen LogP contribution in [-0.2, 0) is 6.54 Å². The Hall–Kier alpha value is -0.230. The number of nitrogens with zero attached hydrogens (tertiary/aromatic N) is 4. The van der Waals surface area contributed by atoms with E-state index in [0.29, 0.717) is 4.47 Å². The van der Waals surface area contributed by atoms with Crippen LogP contribution < -0.4 is 0 Å². The van der Waals surface area contributed by atoms with E-state index in [4.69, 9.17) is 11.6 Å². The maximum atomic E-state index is 5.78. The van der Waals surface area contributed by atoms with Gasteiger partial charge in [0.2, 0.25) is 4.47 Å². The van der Waals surface area contributed by atoms with Gasteiger partial charge in [0.15, 0.2) is 0 Å². The van der Waals surface area contributed by atoms with Gasteiger partial charge < -0.3 is 4.90 Å². The highest BCUT2D eigenvalue weighted by Crippen LogP contribution is 2.17. The van der Waals surface area contributed by atoms with Crippen molar-refractivity contribution in [1.29, 1.82) is 0 Å². The highest BCUT2D eigenvalue weighted by molar-refractivity contribution is 7.15. The summed E-state index contributed by atoms with van der Waals surface area (Å²) in [5.74, 6) is 0.753. The van der Waals surface area contributed by atoms with Gasteiger partial charge in [-0.25, -0.2) is 0 Å². The monoisotopic (exact) mass is 274 g/mol. The van der Waals surface area contributed by atoms with Gasteiger partial charge >= 0.3 is 0 Å². The van der Waals surface area contributed by atoms with Gasteiger partial charge in [0.1, 0.15) is 5.01 Å². The molecule has 0 saturated carbocycles. The molecular formula is C11H19ClN4S. The van der Waals surface area contributed by atoms with Crippen molar-refractivity contribution in [2.24, 2.45) is 5.92 Å². The summed E-state index contributed by atoms with van der Waals surface area (Å²) in [6.45, 7) is 11.2. The van der Waals surface area contributed by atoms with Crippen LogP contribution in [0.15, 0.2) is 0 Å². The summed E-state index contributed by atoms with van der Waals surface area (Å²) in [5.41, 5.74) is 0.